The molecule has 1 aromatic rings. The molecule has 0 aliphatic rings. The van der Waals surface area contributed by atoms with E-state index >= 15 is 0 Å². The zero-order valence-electron chi connectivity index (χ0n) is 11.7. The van der Waals surface area contributed by atoms with Gasteiger partial charge in [0.15, 0.2) is 0 Å². The number of rotatable bonds is 7. The lowest BCUT2D eigenvalue weighted by Gasteiger charge is -2.15. The molecule has 0 aromatic heterocycles. The van der Waals surface area contributed by atoms with Crippen molar-refractivity contribution in [2.24, 2.45) is 0 Å². The van der Waals surface area contributed by atoms with E-state index in [-0.39, 0.29) is 33.5 Å². The maximum absolute atomic E-state index is 12.1. The van der Waals surface area contributed by atoms with Crippen LogP contribution in [0.5, 0.6) is 0 Å². The van der Waals surface area contributed by atoms with E-state index in [4.69, 9.17) is 28.3 Å². The summed E-state index contributed by atoms with van der Waals surface area (Å²) in [6, 6.07) is 2.88. The molecule has 0 bridgehead atoms. The highest BCUT2D eigenvalue weighted by molar-refractivity contribution is 7.91. The minimum Gasteiger partial charge on any atom is -0.480 e. The number of carbonyl (C=O) groups is 2. The van der Waals surface area contributed by atoms with Crippen molar-refractivity contribution in [2.45, 2.75) is 19.4 Å². The van der Waals surface area contributed by atoms with Crippen LogP contribution in [-0.4, -0.2) is 42.9 Å². The van der Waals surface area contributed by atoms with E-state index in [2.05, 4.69) is 5.32 Å². The van der Waals surface area contributed by atoms with E-state index in [9.17, 15) is 18.0 Å². The van der Waals surface area contributed by atoms with Crippen molar-refractivity contribution in [1.29, 1.82) is 0 Å². The van der Waals surface area contributed by atoms with Crippen molar-refractivity contribution in [3.63, 3.8) is 0 Å². The summed E-state index contributed by atoms with van der Waals surface area (Å²) < 4.78 is 22.9. The molecule has 0 saturated carbocycles. The maximum atomic E-state index is 12.1. The highest BCUT2D eigenvalue weighted by Gasteiger charge is 2.24. The van der Waals surface area contributed by atoms with Crippen LogP contribution >= 0.6 is 23.2 Å². The second-order valence-corrected chi connectivity index (χ2v) is 7.83. The zero-order valence-corrected chi connectivity index (χ0v) is 14.0. The lowest BCUT2D eigenvalue weighted by molar-refractivity contribution is -0.139. The monoisotopic (exact) mass is 367 g/mol. The first-order valence-corrected chi connectivity index (χ1v) is 8.93. The van der Waals surface area contributed by atoms with Crippen molar-refractivity contribution in [3.05, 3.63) is 33.8 Å². The summed E-state index contributed by atoms with van der Waals surface area (Å²) in [7, 11) is -3.33. The van der Waals surface area contributed by atoms with Gasteiger partial charge >= 0.3 is 5.97 Å². The smallest absolute Gasteiger partial charge is 0.326 e. The molecule has 6 nitrogen and oxygen atoms in total. The normalized spacial score (nSPS) is 12.7. The Kier molecular flexibility index (Phi) is 6.65. The number of amides is 1. The van der Waals surface area contributed by atoms with E-state index in [1.807, 2.05) is 0 Å². The molecule has 0 radical (unpaired) electrons. The summed E-state index contributed by atoms with van der Waals surface area (Å²) in [6.07, 6.45) is -0.227. The molecule has 1 amide bonds. The minimum absolute atomic E-state index is 0.0266. The summed E-state index contributed by atoms with van der Waals surface area (Å²) in [4.78, 5) is 23.2. The van der Waals surface area contributed by atoms with Gasteiger partial charge in [0.1, 0.15) is 15.9 Å². The molecule has 0 saturated heterocycles. The molecule has 0 aliphatic heterocycles. The molecule has 1 rings (SSSR count). The van der Waals surface area contributed by atoms with Gasteiger partial charge in [-0.05, 0) is 24.6 Å². The topological polar surface area (TPSA) is 101 Å². The predicted octanol–water partition coefficient (Wildman–Crippen LogP) is 2.00. The molecule has 1 atom stereocenters. The number of carbonyl (C=O) groups excluding carboxylic acids is 1. The van der Waals surface area contributed by atoms with Crippen LogP contribution in [0.2, 0.25) is 10.0 Å². The van der Waals surface area contributed by atoms with Crippen LogP contribution in [0, 0.1) is 0 Å². The third kappa shape index (κ3) is 5.47. The van der Waals surface area contributed by atoms with E-state index in [1.54, 1.807) is 0 Å². The van der Waals surface area contributed by atoms with Crippen LogP contribution < -0.4 is 5.32 Å². The zero-order chi connectivity index (χ0) is 16.9. The van der Waals surface area contributed by atoms with Crippen LogP contribution in [0.4, 0.5) is 0 Å². The van der Waals surface area contributed by atoms with Gasteiger partial charge in [-0.2, -0.15) is 0 Å². The fourth-order valence-electron chi connectivity index (χ4n) is 1.61. The van der Waals surface area contributed by atoms with Gasteiger partial charge in [-0.15, -0.1) is 0 Å². The van der Waals surface area contributed by atoms with Gasteiger partial charge in [-0.25, -0.2) is 13.2 Å². The Bertz CT molecular complexity index is 675. The molecule has 0 fully saturated rings. The molecule has 0 spiro atoms. The average Bonchev–Trinajstić information content (AvgIpc) is 2.45. The molecule has 9 heteroatoms. The Hall–Kier alpha value is -1.31. The van der Waals surface area contributed by atoms with Gasteiger partial charge < -0.3 is 10.4 Å². The largest absolute Gasteiger partial charge is 0.480 e. The van der Waals surface area contributed by atoms with E-state index < -0.39 is 27.8 Å². The first-order chi connectivity index (χ1) is 10.2. The second kappa shape index (κ2) is 7.80. The number of benzene rings is 1. The number of halogens is 2. The first kappa shape index (κ1) is 18.7. The van der Waals surface area contributed by atoms with Crippen molar-refractivity contribution in [1.82, 2.24) is 5.32 Å². The van der Waals surface area contributed by atoms with Crippen LogP contribution in [0.15, 0.2) is 18.2 Å². The highest BCUT2D eigenvalue weighted by atomic mass is 35.5. The number of hydrogen-bond acceptors (Lipinski definition) is 4. The molecule has 22 heavy (non-hydrogen) atoms. The standard InChI is InChI=1S/C13H15Cl2NO5S/c1-2-22(20,21)6-5-11(13(18)19)16-12(17)9-7-8(14)3-4-10(9)15/h3-4,7,11H,2,5-6H2,1H3,(H,16,17)(H,18,19). The maximum Gasteiger partial charge on any atom is 0.326 e. The lowest BCUT2D eigenvalue weighted by atomic mass is 10.1. The van der Waals surface area contributed by atoms with E-state index in [0.717, 1.165) is 0 Å². The van der Waals surface area contributed by atoms with Crippen molar-refractivity contribution < 1.29 is 23.1 Å². The molecule has 0 heterocycles. The summed E-state index contributed by atoms with van der Waals surface area (Å²) in [6.45, 7) is 1.47. The molecular weight excluding hydrogens is 353 g/mol. The van der Waals surface area contributed by atoms with Crippen LogP contribution in [0.3, 0.4) is 0 Å². The molecular formula is C13H15Cl2NO5S. The molecule has 2 N–H and O–H groups in total. The highest BCUT2D eigenvalue weighted by Crippen LogP contribution is 2.20. The third-order valence-electron chi connectivity index (χ3n) is 2.93. The fraction of sp³-hybridized carbons (Fsp3) is 0.385. The number of sulfone groups is 1. The summed E-state index contributed by atoms with van der Waals surface area (Å²) in [5.41, 5.74) is 0.0266. The number of aliphatic carboxylic acids is 1. The van der Waals surface area contributed by atoms with Gasteiger partial charge in [-0.1, -0.05) is 30.1 Å². The number of carboxylic acids is 1. The Balaban J connectivity index is 2.85. The summed E-state index contributed by atoms with van der Waals surface area (Å²) in [5.74, 6) is -2.47. The van der Waals surface area contributed by atoms with Gasteiger partial charge in [0, 0.05) is 10.8 Å². The molecule has 122 valence electrons. The number of nitrogens with one attached hydrogen (secondary N) is 1. The van der Waals surface area contributed by atoms with Gasteiger partial charge in [-0.3, -0.25) is 4.79 Å². The van der Waals surface area contributed by atoms with Gasteiger partial charge in [0.2, 0.25) is 0 Å². The quantitative estimate of drug-likeness (QED) is 0.767. The van der Waals surface area contributed by atoms with Crippen molar-refractivity contribution in [2.75, 3.05) is 11.5 Å². The molecule has 0 aliphatic carbocycles. The predicted molar refractivity (Wildman–Crippen MR) is 84.3 cm³/mol. The summed E-state index contributed by atoms with van der Waals surface area (Å²) in [5, 5.41) is 11.7. The summed E-state index contributed by atoms with van der Waals surface area (Å²) >= 11 is 11.6. The lowest BCUT2D eigenvalue weighted by Crippen LogP contribution is -2.42. The van der Waals surface area contributed by atoms with Crippen LogP contribution in [0.1, 0.15) is 23.7 Å². The van der Waals surface area contributed by atoms with Gasteiger partial charge in [0.25, 0.3) is 5.91 Å². The Labute approximate surface area is 138 Å². The van der Waals surface area contributed by atoms with Crippen LogP contribution in [0.25, 0.3) is 0 Å². The van der Waals surface area contributed by atoms with E-state index in [0.29, 0.717) is 0 Å². The van der Waals surface area contributed by atoms with Crippen molar-refractivity contribution in [3.8, 4) is 0 Å². The molecule has 1 aromatic carbocycles. The Morgan fingerprint density at radius 1 is 1.32 bits per heavy atom. The van der Waals surface area contributed by atoms with E-state index in [1.165, 1.54) is 25.1 Å². The minimum atomic E-state index is -3.33. The Morgan fingerprint density at radius 2 is 1.95 bits per heavy atom. The average molecular weight is 368 g/mol. The molecule has 1 unspecified atom stereocenters. The fourth-order valence-corrected chi connectivity index (χ4v) is 2.87. The SMILES string of the molecule is CCS(=O)(=O)CCC(NC(=O)c1cc(Cl)ccc1Cl)C(=O)O. The second-order valence-electron chi connectivity index (χ2n) is 4.51. The van der Waals surface area contributed by atoms with Crippen molar-refractivity contribution >= 4 is 44.9 Å². The third-order valence-corrected chi connectivity index (χ3v) is 5.24. The Morgan fingerprint density at radius 3 is 2.50 bits per heavy atom. The van der Waals surface area contributed by atoms with Crippen LogP contribution in [-0.2, 0) is 14.6 Å². The number of carboxylic acid groups (broad SMARTS) is 1. The first-order valence-electron chi connectivity index (χ1n) is 6.35. The van der Waals surface area contributed by atoms with Gasteiger partial charge in [0.05, 0.1) is 16.3 Å². The number of hydrogen-bond donors (Lipinski definition) is 2.